The minimum Gasteiger partial charge on any atom is -0.315 e. The minimum absolute atomic E-state index is 0.0493. The molecule has 1 N–H and O–H groups in total. The fourth-order valence-corrected chi connectivity index (χ4v) is 1.86. The Labute approximate surface area is 103 Å². The van der Waals surface area contributed by atoms with Gasteiger partial charge in [0.15, 0.2) is 0 Å². The first kappa shape index (κ1) is 16.7. The molecule has 1 unspecified atom stereocenters. The Morgan fingerprint density at radius 2 is 1.71 bits per heavy atom. The molecule has 0 aliphatic carbocycles. The van der Waals surface area contributed by atoms with Gasteiger partial charge in [-0.2, -0.15) is 13.2 Å². The SMILES string of the molecule is CCCN(CC(NC)C(C)(C)C)CC(F)(F)F. The molecule has 0 radical (unpaired) electrons. The van der Waals surface area contributed by atoms with E-state index in [4.69, 9.17) is 0 Å². The summed E-state index contributed by atoms with van der Waals surface area (Å²) in [7, 11) is 1.80. The van der Waals surface area contributed by atoms with E-state index in [0.717, 1.165) is 6.42 Å². The molecule has 0 aliphatic heterocycles. The molecule has 0 aromatic rings. The average molecular weight is 254 g/mol. The van der Waals surface area contributed by atoms with E-state index in [1.165, 1.54) is 4.90 Å². The summed E-state index contributed by atoms with van der Waals surface area (Å²) in [5.74, 6) is 0. The summed E-state index contributed by atoms with van der Waals surface area (Å²) in [6.07, 6.45) is -3.39. The van der Waals surface area contributed by atoms with Crippen LogP contribution in [0.25, 0.3) is 0 Å². The molecule has 0 bridgehead atoms. The Kier molecular flexibility index (Phi) is 6.48. The molecule has 0 aromatic carbocycles. The van der Waals surface area contributed by atoms with Crippen LogP contribution in [0.4, 0.5) is 13.2 Å². The molecule has 5 heteroatoms. The van der Waals surface area contributed by atoms with Crippen molar-refractivity contribution in [2.24, 2.45) is 5.41 Å². The minimum atomic E-state index is -4.12. The van der Waals surface area contributed by atoms with Gasteiger partial charge >= 0.3 is 6.18 Å². The number of likely N-dealkylation sites (N-methyl/N-ethyl adjacent to an activating group) is 1. The van der Waals surface area contributed by atoms with E-state index in [-0.39, 0.29) is 11.5 Å². The highest BCUT2D eigenvalue weighted by atomic mass is 19.4. The maximum absolute atomic E-state index is 12.4. The van der Waals surface area contributed by atoms with E-state index < -0.39 is 12.7 Å². The molecule has 0 rings (SSSR count). The standard InChI is InChI=1S/C12H25F3N2/c1-6-7-17(9-12(13,14)15)8-10(16-5)11(2,3)4/h10,16H,6-9H2,1-5H3. The topological polar surface area (TPSA) is 15.3 Å². The van der Waals surface area contributed by atoms with Gasteiger partial charge in [-0.15, -0.1) is 0 Å². The summed E-state index contributed by atoms with van der Waals surface area (Å²) in [6, 6.07) is 0.0522. The first-order valence-electron chi connectivity index (χ1n) is 6.06. The predicted molar refractivity (Wildman–Crippen MR) is 65.1 cm³/mol. The van der Waals surface area contributed by atoms with Gasteiger partial charge in [-0.1, -0.05) is 27.7 Å². The van der Waals surface area contributed by atoms with Crippen molar-refractivity contribution in [1.29, 1.82) is 0 Å². The second-order valence-electron chi connectivity index (χ2n) is 5.56. The van der Waals surface area contributed by atoms with Crippen molar-refractivity contribution < 1.29 is 13.2 Å². The summed E-state index contributed by atoms with van der Waals surface area (Å²) in [5.41, 5.74) is -0.0493. The normalized spacial score (nSPS) is 15.4. The van der Waals surface area contributed by atoms with Crippen LogP contribution in [-0.4, -0.2) is 43.8 Å². The van der Waals surface area contributed by atoms with Crippen molar-refractivity contribution in [3.63, 3.8) is 0 Å². The molecule has 0 saturated carbocycles. The van der Waals surface area contributed by atoms with Crippen LogP contribution in [0.3, 0.4) is 0 Å². The van der Waals surface area contributed by atoms with Crippen molar-refractivity contribution in [2.45, 2.75) is 46.3 Å². The van der Waals surface area contributed by atoms with Crippen LogP contribution in [0.2, 0.25) is 0 Å². The Balaban J connectivity index is 4.51. The molecule has 0 saturated heterocycles. The highest BCUT2D eigenvalue weighted by Crippen LogP contribution is 2.22. The zero-order valence-corrected chi connectivity index (χ0v) is 11.5. The number of halogens is 3. The van der Waals surface area contributed by atoms with Crippen LogP contribution in [0, 0.1) is 5.41 Å². The van der Waals surface area contributed by atoms with Gasteiger partial charge in [0.05, 0.1) is 6.54 Å². The third kappa shape index (κ3) is 7.60. The number of nitrogens with one attached hydrogen (secondary N) is 1. The van der Waals surface area contributed by atoms with Crippen molar-refractivity contribution in [1.82, 2.24) is 10.2 Å². The lowest BCUT2D eigenvalue weighted by Gasteiger charge is -2.35. The van der Waals surface area contributed by atoms with Gasteiger partial charge in [-0.3, -0.25) is 4.90 Å². The molecular formula is C12H25F3N2. The van der Waals surface area contributed by atoms with Gasteiger partial charge in [0.25, 0.3) is 0 Å². The maximum atomic E-state index is 12.4. The van der Waals surface area contributed by atoms with Gasteiger partial charge in [-0.25, -0.2) is 0 Å². The second kappa shape index (κ2) is 6.59. The predicted octanol–water partition coefficient (Wildman–Crippen LogP) is 2.89. The van der Waals surface area contributed by atoms with Gasteiger partial charge < -0.3 is 5.32 Å². The molecule has 2 nitrogen and oxygen atoms in total. The summed E-state index contributed by atoms with van der Waals surface area (Å²) in [5, 5.41) is 3.11. The zero-order chi connectivity index (χ0) is 13.7. The van der Waals surface area contributed by atoms with Crippen molar-refractivity contribution in [2.75, 3.05) is 26.7 Å². The third-order valence-corrected chi connectivity index (χ3v) is 2.78. The van der Waals surface area contributed by atoms with Crippen LogP contribution in [-0.2, 0) is 0 Å². The molecule has 0 amide bonds. The number of rotatable bonds is 6. The molecule has 104 valence electrons. The van der Waals surface area contributed by atoms with Crippen LogP contribution in [0.5, 0.6) is 0 Å². The molecule has 0 spiro atoms. The Morgan fingerprint density at radius 1 is 1.18 bits per heavy atom. The number of hydrogen-bond donors (Lipinski definition) is 1. The summed E-state index contributed by atoms with van der Waals surface area (Å²) >= 11 is 0. The van der Waals surface area contributed by atoms with Crippen molar-refractivity contribution in [3.05, 3.63) is 0 Å². The first-order chi connectivity index (χ1) is 7.60. The maximum Gasteiger partial charge on any atom is 0.401 e. The molecular weight excluding hydrogens is 229 g/mol. The van der Waals surface area contributed by atoms with E-state index in [2.05, 4.69) is 5.32 Å². The van der Waals surface area contributed by atoms with Crippen LogP contribution < -0.4 is 5.32 Å². The summed E-state index contributed by atoms with van der Waals surface area (Å²) in [4.78, 5) is 1.48. The van der Waals surface area contributed by atoms with Gasteiger partial charge in [0.2, 0.25) is 0 Å². The van der Waals surface area contributed by atoms with E-state index in [9.17, 15) is 13.2 Å². The summed E-state index contributed by atoms with van der Waals surface area (Å²) < 4.78 is 37.3. The lowest BCUT2D eigenvalue weighted by Crippen LogP contribution is -2.49. The van der Waals surface area contributed by atoms with E-state index >= 15 is 0 Å². The second-order valence-corrected chi connectivity index (χ2v) is 5.56. The van der Waals surface area contributed by atoms with Gasteiger partial charge in [0.1, 0.15) is 0 Å². The van der Waals surface area contributed by atoms with Crippen LogP contribution in [0.15, 0.2) is 0 Å². The highest BCUT2D eigenvalue weighted by Gasteiger charge is 2.33. The van der Waals surface area contributed by atoms with Gasteiger partial charge in [-0.05, 0) is 25.4 Å². The monoisotopic (exact) mass is 254 g/mol. The highest BCUT2D eigenvalue weighted by molar-refractivity contribution is 4.83. The zero-order valence-electron chi connectivity index (χ0n) is 11.5. The fraction of sp³-hybridized carbons (Fsp3) is 1.00. The lowest BCUT2D eigenvalue weighted by atomic mass is 9.86. The summed E-state index contributed by atoms with van der Waals surface area (Å²) in [6.45, 7) is 8.08. The van der Waals surface area contributed by atoms with Crippen LogP contribution >= 0.6 is 0 Å². The van der Waals surface area contributed by atoms with E-state index in [0.29, 0.717) is 13.1 Å². The molecule has 17 heavy (non-hydrogen) atoms. The fourth-order valence-electron chi connectivity index (χ4n) is 1.86. The Morgan fingerprint density at radius 3 is 2.00 bits per heavy atom. The largest absolute Gasteiger partial charge is 0.401 e. The van der Waals surface area contributed by atoms with Crippen molar-refractivity contribution in [3.8, 4) is 0 Å². The molecule has 1 atom stereocenters. The van der Waals surface area contributed by atoms with E-state index in [1.54, 1.807) is 7.05 Å². The average Bonchev–Trinajstić information content (AvgIpc) is 2.09. The molecule has 0 aliphatic rings. The lowest BCUT2D eigenvalue weighted by molar-refractivity contribution is -0.147. The molecule has 0 heterocycles. The quantitative estimate of drug-likeness (QED) is 0.784. The molecule has 0 fully saturated rings. The van der Waals surface area contributed by atoms with Crippen LogP contribution in [0.1, 0.15) is 34.1 Å². The Bertz CT molecular complexity index is 209. The van der Waals surface area contributed by atoms with Crippen molar-refractivity contribution >= 4 is 0 Å². The van der Waals surface area contributed by atoms with Gasteiger partial charge in [0, 0.05) is 12.6 Å². The van der Waals surface area contributed by atoms with E-state index in [1.807, 2.05) is 27.7 Å². The smallest absolute Gasteiger partial charge is 0.315 e. The first-order valence-corrected chi connectivity index (χ1v) is 6.06. The Hall–Kier alpha value is -0.290. The number of alkyl halides is 3. The molecule has 0 aromatic heterocycles. The number of hydrogen-bond acceptors (Lipinski definition) is 2. The third-order valence-electron chi connectivity index (χ3n) is 2.78. The number of nitrogens with zero attached hydrogens (tertiary/aromatic N) is 1.